The molecule has 1 unspecified atom stereocenters. The van der Waals surface area contributed by atoms with Gasteiger partial charge in [-0.15, -0.1) is 0 Å². The van der Waals surface area contributed by atoms with Crippen LogP contribution in [0.1, 0.15) is 45.0 Å². The summed E-state index contributed by atoms with van der Waals surface area (Å²) in [4.78, 5) is 4.05. The van der Waals surface area contributed by atoms with Crippen molar-refractivity contribution in [3.05, 3.63) is 17.2 Å². The van der Waals surface area contributed by atoms with E-state index in [0.29, 0.717) is 11.0 Å². The SMILES string of the molecule is CC(C)(O)c1cnc(Cl)n1C1CCCCO1. The van der Waals surface area contributed by atoms with Crippen LogP contribution in [0.2, 0.25) is 5.28 Å². The molecule has 0 spiro atoms. The van der Waals surface area contributed by atoms with Crippen molar-refractivity contribution in [2.24, 2.45) is 0 Å². The fraction of sp³-hybridized carbons (Fsp3) is 0.727. The third-order valence-corrected chi connectivity index (χ3v) is 3.10. The number of rotatable bonds is 2. The minimum absolute atomic E-state index is 0.0924. The van der Waals surface area contributed by atoms with Crippen molar-refractivity contribution in [2.75, 3.05) is 6.61 Å². The summed E-state index contributed by atoms with van der Waals surface area (Å²) >= 11 is 6.05. The van der Waals surface area contributed by atoms with Crippen LogP contribution in [0.3, 0.4) is 0 Å². The highest BCUT2D eigenvalue weighted by Gasteiger charge is 2.28. The smallest absolute Gasteiger partial charge is 0.205 e. The van der Waals surface area contributed by atoms with E-state index in [2.05, 4.69) is 4.98 Å². The van der Waals surface area contributed by atoms with Crippen LogP contribution >= 0.6 is 11.6 Å². The maximum atomic E-state index is 10.0. The average molecular weight is 245 g/mol. The van der Waals surface area contributed by atoms with Crippen LogP contribution in [0.25, 0.3) is 0 Å². The van der Waals surface area contributed by atoms with Gasteiger partial charge in [-0.05, 0) is 44.7 Å². The lowest BCUT2D eigenvalue weighted by atomic mass is 10.1. The van der Waals surface area contributed by atoms with E-state index in [1.807, 2.05) is 0 Å². The van der Waals surface area contributed by atoms with Crippen LogP contribution in [-0.4, -0.2) is 21.3 Å². The van der Waals surface area contributed by atoms with Crippen molar-refractivity contribution in [1.29, 1.82) is 0 Å². The molecule has 90 valence electrons. The summed E-state index contributed by atoms with van der Waals surface area (Å²) in [6.45, 7) is 4.18. The Bertz CT molecular complexity index is 365. The Kier molecular flexibility index (Phi) is 3.24. The van der Waals surface area contributed by atoms with Gasteiger partial charge in [-0.25, -0.2) is 4.98 Å². The van der Waals surface area contributed by atoms with E-state index in [4.69, 9.17) is 16.3 Å². The Morgan fingerprint density at radius 1 is 1.56 bits per heavy atom. The molecule has 2 heterocycles. The molecule has 1 aromatic heterocycles. The van der Waals surface area contributed by atoms with E-state index >= 15 is 0 Å². The van der Waals surface area contributed by atoms with E-state index in [-0.39, 0.29) is 6.23 Å². The maximum absolute atomic E-state index is 10.0. The van der Waals surface area contributed by atoms with Crippen molar-refractivity contribution in [3.63, 3.8) is 0 Å². The summed E-state index contributed by atoms with van der Waals surface area (Å²) in [6.07, 6.45) is 4.63. The first-order valence-corrected chi connectivity index (χ1v) is 5.95. The van der Waals surface area contributed by atoms with Gasteiger partial charge in [0.2, 0.25) is 5.28 Å². The molecular formula is C11H17ClN2O2. The molecular weight excluding hydrogens is 228 g/mol. The second-order valence-electron chi connectivity index (χ2n) is 4.66. The molecule has 1 fully saturated rings. The molecule has 1 saturated heterocycles. The number of imidazole rings is 1. The molecule has 1 N–H and O–H groups in total. The summed E-state index contributed by atoms with van der Waals surface area (Å²) in [5, 5.41) is 10.4. The molecule has 1 aromatic rings. The third kappa shape index (κ3) is 2.24. The quantitative estimate of drug-likeness (QED) is 0.870. The van der Waals surface area contributed by atoms with E-state index in [9.17, 15) is 5.11 Å². The summed E-state index contributed by atoms with van der Waals surface area (Å²) < 4.78 is 7.46. The molecule has 0 saturated carbocycles. The van der Waals surface area contributed by atoms with E-state index in [1.165, 1.54) is 0 Å². The maximum Gasteiger partial charge on any atom is 0.205 e. The van der Waals surface area contributed by atoms with Gasteiger partial charge in [0.15, 0.2) is 0 Å². The first-order chi connectivity index (χ1) is 7.50. The summed E-state index contributed by atoms with van der Waals surface area (Å²) in [5.74, 6) is 0. The topological polar surface area (TPSA) is 47.3 Å². The molecule has 0 bridgehead atoms. The molecule has 0 aliphatic carbocycles. The Hall–Kier alpha value is -0.580. The fourth-order valence-corrected chi connectivity index (χ4v) is 2.24. The zero-order valence-electron chi connectivity index (χ0n) is 9.61. The number of hydrogen-bond donors (Lipinski definition) is 1. The fourth-order valence-electron chi connectivity index (χ4n) is 1.99. The van der Waals surface area contributed by atoms with Gasteiger partial charge in [0, 0.05) is 6.61 Å². The number of ether oxygens (including phenoxy) is 1. The molecule has 16 heavy (non-hydrogen) atoms. The average Bonchev–Trinajstić information content (AvgIpc) is 2.61. The zero-order chi connectivity index (χ0) is 11.8. The lowest BCUT2D eigenvalue weighted by molar-refractivity contribution is -0.0415. The first-order valence-electron chi connectivity index (χ1n) is 5.57. The molecule has 1 aliphatic heterocycles. The minimum Gasteiger partial charge on any atom is -0.384 e. The normalized spacial score (nSPS) is 22.4. The second kappa shape index (κ2) is 4.35. The highest BCUT2D eigenvalue weighted by molar-refractivity contribution is 6.28. The van der Waals surface area contributed by atoms with Gasteiger partial charge in [-0.3, -0.25) is 4.57 Å². The Morgan fingerprint density at radius 3 is 2.88 bits per heavy atom. The first kappa shape index (κ1) is 11.9. The summed E-state index contributed by atoms with van der Waals surface area (Å²) in [6, 6.07) is 0. The minimum atomic E-state index is -0.957. The van der Waals surface area contributed by atoms with E-state index in [0.717, 1.165) is 25.9 Å². The lowest BCUT2D eigenvalue weighted by Gasteiger charge is -2.29. The van der Waals surface area contributed by atoms with Crippen molar-refractivity contribution in [3.8, 4) is 0 Å². The highest BCUT2D eigenvalue weighted by atomic mass is 35.5. The van der Waals surface area contributed by atoms with Gasteiger partial charge in [0.25, 0.3) is 0 Å². The predicted octanol–water partition coefficient (Wildman–Crippen LogP) is 2.46. The monoisotopic (exact) mass is 244 g/mol. The Morgan fingerprint density at radius 2 is 2.31 bits per heavy atom. The van der Waals surface area contributed by atoms with Crippen LogP contribution in [0.4, 0.5) is 0 Å². The Balaban J connectivity index is 2.34. The number of hydrogen-bond acceptors (Lipinski definition) is 3. The number of aromatic nitrogens is 2. The van der Waals surface area contributed by atoms with Gasteiger partial charge < -0.3 is 9.84 Å². The van der Waals surface area contributed by atoms with E-state index < -0.39 is 5.60 Å². The number of aliphatic hydroxyl groups is 1. The van der Waals surface area contributed by atoms with Crippen LogP contribution in [0, 0.1) is 0 Å². The lowest BCUT2D eigenvalue weighted by Crippen LogP contribution is -2.26. The van der Waals surface area contributed by atoms with Gasteiger partial charge in [-0.1, -0.05) is 0 Å². The van der Waals surface area contributed by atoms with Crippen molar-refractivity contribution >= 4 is 11.6 Å². The van der Waals surface area contributed by atoms with Crippen LogP contribution in [0.5, 0.6) is 0 Å². The van der Waals surface area contributed by atoms with Gasteiger partial charge in [0.05, 0.1) is 11.9 Å². The summed E-state index contributed by atoms with van der Waals surface area (Å²) in [5.41, 5.74) is -0.259. The van der Waals surface area contributed by atoms with Gasteiger partial charge >= 0.3 is 0 Å². The molecule has 0 radical (unpaired) electrons. The molecule has 0 amide bonds. The second-order valence-corrected chi connectivity index (χ2v) is 5.00. The van der Waals surface area contributed by atoms with E-state index in [1.54, 1.807) is 24.6 Å². The van der Waals surface area contributed by atoms with Crippen LogP contribution < -0.4 is 0 Å². The molecule has 2 rings (SSSR count). The number of halogens is 1. The number of nitrogens with zero attached hydrogens (tertiary/aromatic N) is 2. The molecule has 0 aromatic carbocycles. The van der Waals surface area contributed by atoms with Crippen molar-refractivity contribution < 1.29 is 9.84 Å². The zero-order valence-corrected chi connectivity index (χ0v) is 10.4. The Labute approximate surface area is 100 Å². The van der Waals surface area contributed by atoms with Crippen molar-refractivity contribution in [1.82, 2.24) is 9.55 Å². The molecule has 4 nitrogen and oxygen atoms in total. The van der Waals surface area contributed by atoms with Crippen LogP contribution in [-0.2, 0) is 10.3 Å². The van der Waals surface area contributed by atoms with Gasteiger partial charge in [0.1, 0.15) is 11.8 Å². The molecule has 1 aliphatic rings. The van der Waals surface area contributed by atoms with Crippen molar-refractivity contribution in [2.45, 2.75) is 44.9 Å². The molecule has 1 atom stereocenters. The summed E-state index contributed by atoms with van der Waals surface area (Å²) in [7, 11) is 0. The highest BCUT2D eigenvalue weighted by Crippen LogP contribution is 2.31. The van der Waals surface area contributed by atoms with Crippen LogP contribution in [0.15, 0.2) is 6.20 Å². The third-order valence-electron chi connectivity index (χ3n) is 2.82. The standard InChI is InChI=1S/C11H17ClN2O2/c1-11(2,15)8-7-13-10(12)14(8)9-5-3-4-6-16-9/h7,9,15H,3-6H2,1-2H3. The molecule has 5 heteroatoms. The predicted molar refractivity (Wildman–Crippen MR) is 61.3 cm³/mol. The van der Waals surface area contributed by atoms with Gasteiger partial charge in [-0.2, -0.15) is 0 Å². The largest absolute Gasteiger partial charge is 0.384 e.